The number of piperidine rings is 1. The maximum atomic E-state index is 6.10. The Balaban J connectivity index is 1.27. The largest absolute Gasteiger partial charge is 0.373 e. The molecule has 4 rings (SSSR count). The Morgan fingerprint density at radius 2 is 1.79 bits per heavy atom. The average molecular weight is 392 g/mol. The Hall–Kier alpha value is -0.850. The van der Waals surface area contributed by atoms with Crippen LogP contribution in [0.5, 0.6) is 0 Å². The van der Waals surface area contributed by atoms with Gasteiger partial charge in [0.25, 0.3) is 0 Å². The molecule has 2 unspecified atom stereocenters. The lowest BCUT2D eigenvalue weighted by molar-refractivity contribution is -0.0453. The van der Waals surface area contributed by atoms with Crippen molar-refractivity contribution in [2.24, 2.45) is 4.99 Å². The van der Waals surface area contributed by atoms with Crippen LogP contribution in [0.15, 0.2) is 4.99 Å². The van der Waals surface area contributed by atoms with Crippen molar-refractivity contribution < 1.29 is 4.74 Å². The molecule has 28 heavy (non-hydrogen) atoms. The fourth-order valence-electron chi connectivity index (χ4n) is 5.87. The quantitative estimate of drug-likeness (QED) is 0.556. The molecule has 2 atom stereocenters. The highest BCUT2D eigenvalue weighted by atomic mass is 16.5. The van der Waals surface area contributed by atoms with Crippen LogP contribution in [0.25, 0.3) is 0 Å². The smallest absolute Gasteiger partial charge is 0.191 e. The number of rotatable bonds is 5. The number of aliphatic imine (C=N–C) groups is 1. The van der Waals surface area contributed by atoms with Gasteiger partial charge in [0.2, 0.25) is 0 Å². The van der Waals surface area contributed by atoms with E-state index >= 15 is 0 Å². The Bertz CT molecular complexity index is 513. The summed E-state index contributed by atoms with van der Waals surface area (Å²) < 4.78 is 6.10. The molecular weight excluding hydrogens is 350 g/mol. The minimum Gasteiger partial charge on any atom is -0.373 e. The molecule has 1 aliphatic carbocycles. The Morgan fingerprint density at radius 3 is 2.57 bits per heavy atom. The van der Waals surface area contributed by atoms with E-state index in [1.54, 1.807) is 0 Å². The molecule has 160 valence electrons. The zero-order valence-electron chi connectivity index (χ0n) is 17.9. The predicted molar refractivity (Wildman–Crippen MR) is 115 cm³/mol. The molecule has 3 aliphatic heterocycles. The van der Waals surface area contributed by atoms with E-state index in [1.807, 2.05) is 7.05 Å². The molecule has 2 N–H and O–H groups in total. The van der Waals surface area contributed by atoms with E-state index in [2.05, 4.69) is 25.4 Å². The van der Waals surface area contributed by atoms with E-state index in [4.69, 9.17) is 4.74 Å². The first-order valence-corrected chi connectivity index (χ1v) is 11.8. The van der Waals surface area contributed by atoms with Crippen LogP contribution in [-0.2, 0) is 4.74 Å². The number of morpholine rings is 1. The number of nitrogens with one attached hydrogen (secondary N) is 2. The van der Waals surface area contributed by atoms with Crippen molar-refractivity contribution >= 4 is 5.96 Å². The third kappa shape index (κ3) is 4.82. The normalized spacial score (nSPS) is 32.1. The molecule has 0 aromatic carbocycles. The molecule has 0 aromatic heterocycles. The van der Waals surface area contributed by atoms with Crippen LogP contribution in [0.3, 0.4) is 0 Å². The first-order chi connectivity index (χ1) is 13.8. The number of hydrogen-bond donors (Lipinski definition) is 2. The van der Waals surface area contributed by atoms with Crippen molar-refractivity contribution in [1.29, 1.82) is 0 Å². The molecule has 0 radical (unpaired) electrons. The van der Waals surface area contributed by atoms with Gasteiger partial charge in [-0.1, -0.05) is 25.7 Å². The average Bonchev–Trinajstić information content (AvgIpc) is 3.23. The summed E-state index contributed by atoms with van der Waals surface area (Å²) in [6.45, 7) is 7.63. The summed E-state index contributed by atoms with van der Waals surface area (Å²) in [5.74, 6) is 0.939. The first kappa shape index (κ1) is 20.4. The molecule has 0 amide bonds. The van der Waals surface area contributed by atoms with Crippen molar-refractivity contribution in [3.05, 3.63) is 0 Å². The SMILES string of the molecule is CN=C(NCC1CN2CCCC2CO1)NCC1(N2CCCCC2)CCCCC1. The summed E-state index contributed by atoms with van der Waals surface area (Å²) in [5.41, 5.74) is 0.334. The zero-order chi connectivity index (χ0) is 19.2. The first-order valence-electron chi connectivity index (χ1n) is 11.8. The van der Waals surface area contributed by atoms with Crippen LogP contribution in [0.4, 0.5) is 0 Å². The fraction of sp³-hybridized carbons (Fsp3) is 0.955. The molecule has 0 spiro atoms. The molecule has 4 aliphatic rings. The third-order valence-corrected chi connectivity index (χ3v) is 7.58. The molecule has 4 fully saturated rings. The van der Waals surface area contributed by atoms with Crippen LogP contribution < -0.4 is 10.6 Å². The van der Waals surface area contributed by atoms with Gasteiger partial charge in [-0.15, -0.1) is 0 Å². The highest BCUT2D eigenvalue weighted by Gasteiger charge is 2.38. The van der Waals surface area contributed by atoms with Gasteiger partial charge in [-0.2, -0.15) is 0 Å². The molecule has 0 aromatic rings. The molecular formula is C22H41N5O. The Labute approximate surface area is 171 Å². The van der Waals surface area contributed by atoms with Gasteiger partial charge < -0.3 is 15.4 Å². The Morgan fingerprint density at radius 1 is 1.00 bits per heavy atom. The minimum atomic E-state index is 0.277. The van der Waals surface area contributed by atoms with Gasteiger partial charge in [0.1, 0.15) is 0 Å². The monoisotopic (exact) mass is 391 g/mol. The number of hydrogen-bond acceptors (Lipinski definition) is 4. The summed E-state index contributed by atoms with van der Waals surface area (Å²) in [5, 5.41) is 7.24. The van der Waals surface area contributed by atoms with Crippen molar-refractivity contribution in [1.82, 2.24) is 20.4 Å². The van der Waals surface area contributed by atoms with Gasteiger partial charge in [-0.05, 0) is 58.2 Å². The Kier molecular flexibility index (Phi) is 7.13. The summed E-state index contributed by atoms with van der Waals surface area (Å²) in [4.78, 5) is 9.92. The highest BCUT2D eigenvalue weighted by molar-refractivity contribution is 5.79. The van der Waals surface area contributed by atoms with Gasteiger partial charge in [0, 0.05) is 38.3 Å². The standard InChI is InChI=1S/C22H41N5O/c1-23-21(24-15-20-16-26-12-8-9-19(26)17-28-20)25-18-22(10-4-2-5-11-22)27-13-6-3-7-14-27/h19-20H,2-18H2,1H3,(H2,23,24,25). The van der Waals surface area contributed by atoms with Crippen LogP contribution in [0.1, 0.15) is 64.2 Å². The van der Waals surface area contributed by atoms with Crippen LogP contribution in [0, 0.1) is 0 Å². The second-order valence-corrected chi connectivity index (χ2v) is 9.39. The second-order valence-electron chi connectivity index (χ2n) is 9.39. The van der Waals surface area contributed by atoms with E-state index in [-0.39, 0.29) is 6.10 Å². The molecule has 1 saturated carbocycles. The van der Waals surface area contributed by atoms with E-state index in [0.717, 1.165) is 32.2 Å². The summed E-state index contributed by atoms with van der Waals surface area (Å²) >= 11 is 0. The van der Waals surface area contributed by atoms with Crippen molar-refractivity contribution in [3.8, 4) is 0 Å². The highest BCUT2D eigenvalue weighted by Crippen LogP contribution is 2.35. The number of nitrogens with zero attached hydrogens (tertiary/aromatic N) is 3. The fourth-order valence-corrected chi connectivity index (χ4v) is 5.87. The number of ether oxygens (including phenoxy) is 1. The predicted octanol–water partition coefficient (Wildman–Crippen LogP) is 2.20. The van der Waals surface area contributed by atoms with Crippen molar-refractivity contribution in [2.45, 2.75) is 81.9 Å². The molecule has 6 nitrogen and oxygen atoms in total. The second kappa shape index (κ2) is 9.77. The summed E-state index contributed by atoms with van der Waals surface area (Å²) in [7, 11) is 1.89. The number of guanidine groups is 1. The maximum Gasteiger partial charge on any atom is 0.191 e. The van der Waals surface area contributed by atoms with E-state index < -0.39 is 0 Å². The molecule has 6 heteroatoms. The lowest BCUT2D eigenvalue weighted by Crippen LogP contribution is -2.59. The van der Waals surface area contributed by atoms with Gasteiger partial charge in [0.15, 0.2) is 5.96 Å². The third-order valence-electron chi connectivity index (χ3n) is 7.58. The van der Waals surface area contributed by atoms with E-state index in [1.165, 1.54) is 83.8 Å². The summed E-state index contributed by atoms with van der Waals surface area (Å²) in [6.07, 6.45) is 13.9. The topological polar surface area (TPSA) is 52.1 Å². The van der Waals surface area contributed by atoms with Gasteiger partial charge in [-0.25, -0.2) is 0 Å². The van der Waals surface area contributed by atoms with E-state index in [0.29, 0.717) is 11.6 Å². The number of fused-ring (bicyclic) bond motifs is 1. The lowest BCUT2D eigenvalue weighted by atomic mass is 9.79. The molecule has 3 heterocycles. The van der Waals surface area contributed by atoms with Crippen LogP contribution in [-0.4, -0.2) is 86.4 Å². The van der Waals surface area contributed by atoms with Crippen LogP contribution in [0.2, 0.25) is 0 Å². The van der Waals surface area contributed by atoms with E-state index in [9.17, 15) is 0 Å². The van der Waals surface area contributed by atoms with Gasteiger partial charge >= 0.3 is 0 Å². The minimum absolute atomic E-state index is 0.277. The molecule has 0 bridgehead atoms. The maximum absolute atomic E-state index is 6.10. The van der Waals surface area contributed by atoms with Crippen molar-refractivity contribution in [2.75, 3.05) is 52.9 Å². The van der Waals surface area contributed by atoms with Crippen molar-refractivity contribution in [3.63, 3.8) is 0 Å². The van der Waals surface area contributed by atoms with Gasteiger partial charge in [0.05, 0.1) is 12.7 Å². The lowest BCUT2D eigenvalue weighted by Gasteiger charge is -2.48. The summed E-state index contributed by atoms with van der Waals surface area (Å²) in [6, 6.07) is 0.671. The van der Waals surface area contributed by atoms with Gasteiger partial charge in [-0.3, -0.25) is 14.8 Å². The zero-order valence-corrected chi connectivity index (χ0v) is 17.9. The molecule has 3 saturated heterocycles. The van der Waals surface area contributed by atoms with Crippen LogP contribution >= 0.6 is 0 Å². The number of likely N-dealkylation sites (tertiary alicyclic amines) is 1.